The molecule has 0 spiro atoms. The van der Waals surface area contributed by atoms with Gasteiger partial charge in [0.25, 0.3) is 0 Å². The highest BCUT2D eigenvalue weighted by Gasteiger charge is 2.16. The number of unbranched alkanes of at least 4 members (excludes halogenated alkanes) is 1. The van der Waals surface area contributed by atoms with E-state index in [9.17, 15) is 0 Å². The van der Waals surface area contributed by atoms with E-state index in [4.69, 9.17) is 4.74 Å². The Balaban J connectivity index is 2.01. The normalized spacial score (nSPS) is 12.8. The van der Waals surface area contributed by atoms with Gasteiger partial charge in [0.1, 0.15) is 23.4 Å². The average Bonchev–Trinajstić information content (AvgIpc) is 2.88. The van der Waals surface area contributed by atoms with Gasteiger partial charge in [-0.3, -0.25) is 4.99 Å². The number of allylic oxidation sites excluding steroid dienone is 1. The Morgan fingerprint density at radius 3 is 2.57 bits per heavy atom. The van der Waals surface area contributed by atoms with Gasteiger partial charge in [-0.05, 0) is 61.6 Å². The molecule has 5 heteroatoms. The first kappa shape index (κ1) is 26.1. The Morgan fingerprint density at radius 1 is 1.11 bits per heavy atom. The Labute approximate surface area is 210 Å². The van der Waals surface area contributed by atoms with Gasteiger partial charge < -0.3 is 10.1 Å². The second kappa shape index (κ2) is 12.8. The fourth-order valence-corrected chi connectivity index (χ4v) is 3.81. The van der Waals surface area contributed by atoms with Crippen molar-refractivity contribution in [2.24, 2.45) is 4.99 Å². The molecule has 1 atom stereocenters. The number of nitrogens with one attached hydrogen (secondary N) is 1. The summed E-state index contributed by atoms with van der Waals surface area (Å²) < 4.78 is 6.56. The lowest BCUT2D eigenvalue weighted by atomic mass is 10.0. The van der Waals surface area contributed by atoms with Crippen LogP contribution in [-0.2, 0) is 0 Å². The van der Waals surface area contributed by atoms with Crippen LogP contribution in [-0.4, -0.2) is 35.4 Å². The largest absolute Gasteiger partial charge is 0.488 e. The number of hydrogen-bond donors (Lipinski definition) is 1. The lowest BCUT2D eigenvalue weighted by Gasteiger charge is -2.20. The van der Waals surface area contributed by atoms with Gasteiger partial charge >= 0.3 is 0 Å². The van der Waals surface area contributed by atoms with Crippen LogP contribution in [0.4, 0.5) is 5.82 Å². The zero-order valence-corrected chi connectivity index (χ0v) is 21.8. The molecule has 0 radical (unpaired) electrons. The van der Waals surface area contributed by atoms with Crippen LogP contribution in [0.25, 0.3) is 22.0 Å². The number of aromatic nitrogens is 2. The van der Waals surface area contributed by atoms with Crippen molar-refractivity contribution in [2.45, 2.75) is 59.5 Å². The fraction of sp³-hybridized carbons (Fsp3) is 0.367. The molecule has 0 bridgehead atoms. The minimum Gasteiger partial charge on any atom is -0.488 e. The Kier molecular flexibility index (Phi) is 9.59. The molecule has 1 heterocycles. The van der Waals surface area contributed by atoms with Crippen LogP contribution in [0.2, 0.25) is 0 Å². The van der Waals surface area contributed by atoms with Crippen molar-refractivity contribution in [3.05, 3.63) is 72.6 Å². The Bertz CT molecular complexity index is 1190. The van der Waals surface area contributed by atoms with Crippen molar-refractivity contribution in [3.8, 4) is 16.9 Å². The maximum Gasteiger partial charge on any atom is 0.146 e. The number of fused-ring (bicyclic) bond motifs is 1. The molecule has 0 aliphatic carbocycles. The van der Waals surface area contributed by atoms with Crippen molar-refractivity contribution in [3.63, 3.8) is 0 Å². The van der Waals surface area contributed by atoms with Crippen molar-refractivity contribution in [1.29, 1.82) is 0 Å². The fourth-order valence-electron chi connectivity index (χ4n) is 3.81. The predicted octanol–water partition coefficient (Wildman–Crippen LogP) is 7.57. The summed E-state index contributed by atoms with van der Waals surface area (Å²) in [7, 11) is 1.78. The molecule has 3 aromatic rings. The van der Waals surface area contributed by atoms with Gasteiger partial charge in [-0.1, -0.05) is 69.2 Å². The van der Waals surface area contributed by atoms with Crippen LogP contribution in [0.15, 0.2) is 72.0 Å². The highest BCUT2D eigenvalue weighted by Crippen LogP contribution is 2.35. The van der Waals surface area contributed by atoms with E-state index < -0.39 is 0 Å². The third-order valence-electron chi connectivity index (χ3n) is 6.11. The molecule has 5 nitrogen and oxygen atoms in total. The predicted molar refractivity (Wildman–Crippen MR) is 150 cm³/mol. The standard InChI is InChI=1S/C30H38N4O/c1-7-9-10-26(8-2)35-28-18-25(24-15-12-21(3)13-16-24)17-27-29(28)33-20-34-30(27)32-19-22(4)11-14-23(5)31-6/h11-18,20,26H,4,7-10,19H2,1-3,5-6H3,(H,32,33,34)/b14-11-,31-23?. The number of benzene rings is 2. The summed E-state index contributed by atoms with van der Waals surface area (Å²) in [5, 5.41) is 4.39. The molecule has 184 valence electrons. The Hall–Kier alpha value is -3.47. The third kappa shape index (κ3) is 7.25. The molecule has 0 saturated carbocycles. The van der Waals surface area contributed by atoms with E-state index in [0.717, 1.165) is 70.6 Å². The van der Waals surface area contributed by atoms with E-state index in [1.54, 1.807) is 13.4 Å². The average molecular weight is 471 g/mol. The number of ether oxygens (including phenoxy) is 1. The summed E-state index contributed by atoms with van der Waals surface area (Å²) in [4.78, 5) is 13.3. The quantitative estimate of drug-likeness (QED) is 0.219. The number of aliphatic imine (C=N–C) groups is 1. The second-order valence-electron chi connectivity index (χ2n) is 8.96. The number of rotatable bonds is 12. The van der Waals surface area contributed by atoms with Crippen molar-refractivity contribution in [2.75, 3.05) is 18.9 Å². The van der Waals surface area contributed by atoms with E-state index in [-0.39, 0.29) is 6.10 Å². The van der Waals surface area contributed by atoms with Gasteiger partial charge in [-0.25, -0.2) is 9.97 Å². The monoisotopic (exact) mass is 470 g/mol. The SMILES string of the molecule is C=C(/C=C\C(C)=NC)CNc1ncnc2c(OC(CC)CCCC)cc(-c3ccc(C)cc3)cc12. The van der Waals surface area contributed by atoms with Gasteiger partial charge in [0.05, 0.1) is 6.10 Å². The van der Waals surface area contributed by atoms with Crippen LogP contribution in [0.5, 0.6) is 5.75 Å². The summed E-state index contributed by atoms with van der Waals surface area (Å²) in [6, 6.07) is 12.8. The van der Waals surface area contributed by atoms with E-state index in [2.05, 4.69) is 84.0 Å². The first-order chi connectivity index (χ1) is 16.9. The van der Waals surface area contributed by atoms with Gasteiger partial charge in [-0.15, -0.1) is 0 Å². The van der Waals surface area contributed by atoms with E-state index in [1.807, 2.05) is 19.1 Å². The van der Waals surface area contributed by atoms with Gasteiger partial charge in [-0.2, -0.15) is 0 Å². The van der Waals surface area contributed by atoms with E-state index in [1.165, 1.54) is 5.56 Å². The summed E-state index contributed by atoms with van der Waals surface area (Å²) in [6.07, 6.45) is 9.99. The van der Waals surface area contributed by atoms with Crippen molar-refractivity contribution < 1.29 is 4.74 Å². The molecular formula is C30H38N4O. The van der Waals surface area contributed by atoms with Crippen LogP contribution >= 0.6 is 0 Å². The molecule has 1 unspecified atom stereocenters. The molecular weight excluding hydrogens is 432 g/mol. The van der Waals surface area contributed by atoms with Gasteiger partial charge in [0.15, 0.2) is 0 Å². The zero-order valence-electron chi connectivity index (χ0n) is 21.8. The van der Waals surface area contributed by atoms with Crippen LogP contribution < -0.4 is 10.1 Å². The minimum atomic E-state index is 0.158. The summed E-state index contributed by atoms with van der Waals surface area (Å²) >= 11 is 0. The Morgan fingerprint density at radius 2 is 1.89 bits per heavy atom. The molecule has 35 heavy (non-hydrogen) atoms. The molecule has 1 aromatic heterocycles. The molecule has 0 aliphatic heterocycles. The highest BCUT2D eigenvalue weighted by molar-refractivity contribution is 5.96. The topological polar surface area (TPSA) is 59.4 Å². The van der Waals surface area contributed by atoms with Gasteiger partial charge in [0, 0.05) is 24.7 Å². The zero-order chi connectivity index (χ0) is 25.2. The van der Waals surface area contributed by atoms with Crippen LogP contribution in [0.1, 0.15) is 52.0 Å². The summed E-state index contributed by atoms with van der Waals surface area (Å²) in [5.41, 5.74) is 6.18. The molecule has 0 aliphatic rings. The summed E-state index contributed by atoms with van der Waals surface area (Å²) in [5.74, 6) is 1.57. The summed E-state index contributed by atoms with van der Waals surface area (Å²) in [6.45, 7) is 13.2. The molecule has 2 aromatic carbocycles. The first-order valence-corrected chi connectivity index (χ1v) is 12.5. The first-order valence-electron chi connectivity index (χ1n) is 12.5. The smallest absolute Gasteiger partial charge is 0.146 e. The molecule has 0 saturated heterocycles. The highest BCUT2D eigenvalue weighted by atomic mass is 16.5. The maximum atomic E-state index is 6.56. The maximum absolute atomic E-state index is 6.56. The molecule has 3 rings (SSSR count). The van der Waals surface area contributed by atoms with Crippen LogP contribution in [0, 0.1) is 6.92 Å². The van der Waals surface area contributed by atoms with Gasteiger partial charge in [0.2, 0.25) is 0 Å². The third-order valence-corrected chi connectivity index (χ3v) is 6.11. The number of hydrogen-bond acceptors (Lipinski definition) is 5. The number of anilines is 1. The van der Waals surface area contributed by atoms with Crippen LogP contribution in [0.3, 0.4) is 0 Å². The second-order valence-corrected chi connectivity index (χ2v) is 8.96. The number of nitrogens with zero attached hydrogens (tertiary/aromatic N) is 3. The molecule has 0 fully saturated rings. The minimum absolute atomic E-state index is 0.158. The van der Waals surface area contributed by atoms with E-state index >= 15 is 0 Å². The number of aryl methyl sites for hydroxylation is 1. The van der Waals surface area contributed by atoms with Crippen molar-refractivity contribution in [1.82, 2.24) is 9.97 Å². The van der Waals surface area contributed by atoms with E-state index in [0.29, 0.717) is 6.54 Å². The lowest BCUT2D eigenvalue weighted by Crippen LogP contribution is -2.15. The molecule has 0 amide bonds. The molecule has 1 N–H and O–H groups in total. The van der Waals surface area contributed by atoms with Crippen molar-refractivity contribution >= 4 is 22.4 Å². The lowest BCUT2D eigenvalue weighted by molar-refractivity contribution is 0.185.